The number of nitrogen functional groups attached to an aromatic ring is 1. The number of methoxy groups -OCH3 is 1. The lowest BCUT2D eigenvalue weighted by molar-refractivity contribution is 0.102. The number of benzene rings is 2. The Bertz CT molecular complexity index is 1440. The van der Waals surface area contributed by atoms with Gasteiger partial charge in [-0.05, 0) is 29.8 Å². The van der Waals surface area contributed by atoms with E-state index in [4.69, 9.17) is 14.9 Å². The highest BCUT2D eigenvalue weighted by Crippen LogP contribution is 2.25. The molecule has 4 rings (SSSR count). The van der Waals surface area contributed by atoms with Crippen LogP contribution in [0, 0.1) is 0 Å². The topological polar surface area (TPSA) is 135 Å². The third-order valence-corrected chi connectivity index (χ3v) is 5.93. The van der Waals surface area contributed by atoms with Crippen LogP contribution in [0.3, 0.4) is 0 Å². The highest BCUT2D eigenvalue weighted by atomic mass is 32.2. The monoisotopic (exact) mass is 479 g/mol. The van der Waals surface area contributed by atoms with E-state index in [1.807, 2.05) is 30.3 Å². The number of thioether (sulfide) groups is 1. The van der Waals surface area contributed by atoms with Crippen molar-refractivity contribution in [1.82, 2.24) is 19.3 Å². The molecule has 2 aromatic carbocycles. The van der Waals surface area contributed by atoms with Crippen LogP contribution in [0.25, 0.3) is 11.5 Å². The number of Topliss-reactive ketones (excluding diaryl/α,β-unsaturated/α-hetero) is 1. The Balaban J connectivity index is 1.55. The molecule has 0 saturated heterocycles. The SMILES string of the molecule is COc1ccc(-c2nnc(SCC(=O)c3c(N)n(Cc4ccccc4)c(=O)n(C)c3=O)o2)cc1. The summed E-state index contributed by atoms with van der Waals surface area (Å²) in [5.41, 5.74) is 6.03. The van der Waals surface area contributed by atoms with Crippen LogP contribution in [0.15, 0.2) is 73.8 Å². The quantitative estimate of drug-likeness (QED) is 0.298. The van der Waals surface area contributed by atoms with Crippen LogP contribution in [-0.4, -0.2) is 38.0 Å². The maximum Gasteiger partial charge on any atom is 0.332 e. The summed E-state index contributed by atoms with van der Waals surface area (Å²) in [6.45, 7) is 0.127. The van der Waals surface area contributed by atoms with Gasteiger partial charge in [0, 0.05) is 12.6 Å². The van der Waals surface area contributed by atoms with Gasteiger partial charge < -0.3 is 14.9 Å². The second kappa shape index (κ2) is 9.79. The summed E-state index contributed by atoms with van der Waals surface area (Å²) < 4.78 is 12.8. The van der Waals surface area contributed by atoms with Crippen molar-refractivity contribution in [2.24, 2.45) is 7.05 Å². The summed E-state index contributed by atoms with van der Waals surface area (Å²) in [5, 5.41) is 8.09. The van der Waals surface area contributed by atoms with E-state index in [9.17, 15) is 14.4 Å². The number of aromatic nitrogens is 4. The fraction of sp³-hybridized carbons (Fsp3) is 0.174. The van der Waals surface area contributed by atoms with Gasteiger partial charge in [-0.1, -0.05) is 42.1 Å². The van der Waals surface area contributed by atoms with Crippen molar-refractivity contribution in [1.29, 1.82) is 0 Å². The van der Waals surface area contributed by atoms with Crippen LogP contribution in [0.2, 0.25) is 0 Å². The van der Waals surface area contributed by atoms with Gasteiger partial charge in [-0.2, -0.15) is 0 Å². The molecule has 0 saturated carbocycles. The van der Waals surface area contributed by atoms with Crippen molar-refractivity contribution >= 4 is 23.4 Å². The van der Waals surface area contributed by atoms with E-state index < -0.39 is 17.0 Å². The Labute approximate surface area is 198 Å². The molecule has 0 aliphatic carbocycles. The Morgan fingerprint density at radius 2 is 1.79 bits per heavy atom. The second-order valence-electron chi connectivity index (χ2n) is 7.29. The summed E-state index contributed by atoms with van der Waals surface area (Å²) in [5.74, 6) is 0.0783. The van der Waals surface area contributed by atoms with Gasteiger partial charge in [-0.25, -0.2) is 4.79 Å². The van der Waals surface area contributed by atoms with Crippen LogP contribution in [0.5, 0.6) is 5.75 Å². The molecule has 0 radical (unpaired) electrons. The molecule has 2 N–H and O–H groups in total. The smallest absolute Gasteiger partial charge is 0.332 e. The molecule has 2 heterocycles. The van der Waals surface area contributed by atoms with Gasteiger partial charge >= 0.3 is 5.69 Å². The molecule has 0 fully saturated rings. The molecule has 34 heavy (non-hydrogen) atoms. The van der Waals surface area contributed by atoms with Gasteiger partial charge in [0.2, 0.25) is 5.89 Å². The summed E-state index contributed by atoms with van der Waals surface area (Å²) in [4.78, 5) is 38.3. The molecule has 0 atom stereocenters. The first-order chi connectivity index (χ1) is 16.4. The number of carbonyl (C=O) groups is 1. The molecular weight excluding hydrogens is 458 g/mol. The van der Waals surface area contributed by atoms with E-state index >= 15 is 0 Å². The van der Waals surface area contributed by atoms with E-state index in [0.29, 0.717) is 11.3 Å². The van der Waals surface area contributed by atoms with Crippen LogP contribution in [0.1, 0.15) is 15.9 Å². The zero-order valence-corrected chi connectivity index (χ0v) is 19.2. The van der Waals surface area contributed by atoms with Crippen LogP contribution < -0.4 is 21.7 Å². The maximum absolute atomic E-state index is 12.9. The first-order valence-electron chi connectivity index (χ1n) is 10.2. The summed E-state index contributed by atoms with van der Waals surface area (Å²) in [6.07, 6.45) is 0. The van der Waals surface area contributed by atoms with E-state index in [2.05, 4.69) is 10.2 Å². The lowest BCUT2D eigenvalue weighted by Crippen LogP contribution is -2.43. The lowest BCUT2D eigenvalue weighted by Gasteiger charge is -2.14. The zero-order valence-electron chi connectivity index (χ0n) is 18.4. The average Bonchev–Trinajstić information content (AvgIpc) is 3.34. The third-order valence-electron chi connectivity index (χ3n) is 5.12. The van der Waals surface area contributed by atoms with Gasteiger partial charge in [0.1, 0.15) is 17.1 Å². The highest BCUT2D eigenvalue weighted by molar-refractivity contribution is 7.99. The minimum atomic E-state index is -0.748. The molecule has 0 unspecified atom stereocenters. The number of rotatable bonds is 8. The number of nitrogens with two attached hydrogens (primary N) is 1. The van der Waals surface area contributed by atoms with Crippen LogP contribution >= 0.6 is 11.8 Å². The first kappa shape index (κ1) is 23.1. The van der Waals surface area contributed by atoms with Crippen molar-refractivity contribution in [2.45, 2.75) is 11.8 Å². The predicted octanol–water partition coefficient (Wildman–Crippen LogP) is 2.21. The normalized spacial score (nSPS) is 10.9. The van der Waals surface area contributed by atoms with E-state index in [1.54, 1.807) is 31.4 Å². The lowest BCUT2D eigenvalue weighted by atomic mass is 10.2. The molecular formula is C23H21N5O5S. The van der Waals surface area contributed by atoms with Crippen LogP contribution in [0.4, 0.5) is 5.82 Å². The van der Waals surface area contributed by atoms with Crippen molar-refractivity contribution in [2.75, 3.05) is 18.6 Å². The fourth-order valence-corrected chi connectivity index (χ4v) is 3.92. The number of anilines is 1. The molecule has 174 valence electrons. The zero-order chi connectivity index (χ0) is 24.2. The summed E-state index contributed by atoms with van der Waals surface area (Å²) in [7, 11) is 2.88. The molecule has 0 amide bonds. The maximum atomic E-state index is 12.9. The molecule has 0 bridgehead atoms. The van der Waals surface area contributed by atoms with Crippen molar-refractivity contribution in [3.8, 4) is 17.2 Å². The van der Waals surface area contributed by atoms with E-state index in [1.165, 1.54) is 11.6 Å². The molecule has 0 spiro atoms. The molecule has 0 aliphatic heterocycles. The Morgan fingerprint density at radius 3 is 2.47 bits per heavy atom. The Kier molecular flexibility index (Phi) is 6.64. The van der Waals surface area contributed by atoms with Crippen LogP contribution in [-0.2, 0) is 13.6 Å². The average molecular weight is 480 g/mol. The molecule has 11 heteroatoms. The van der Waals surface area contributed by atoms with E-state index in [-0.39, 0.29) is 34.8 Å². The molecule has 2 aromatic heterocycles. The number of carbonyl (C=O) groups excluding carboxylic acids is 1. The first-order valence-corrected chi connectivity index (χ1v) is 11.1. The fourth-order valence-electron chi connectivity index (χ4n) is 3.28. The number of hydrogen-bond acceptors (Lipinski definition) is 9. The number of nitrogens with zero attached hydrogens (tertiary/aromatic N) is 4. The van der Waals surface area contributed by atoms with Gasteiger partial charge in [0.25, 0.3) is 10.8 Å². The summed E-state index contributed by atoms with van der Waals surface area (Å²) in [6, 6.07) is 16.2. The molecule has 4 aromatic rings. The van der Waals surface area contributed by atoms with Crippen molar-refractivity contribution in [3.63, 3.8) is 0 Å². The molecule has 0 aliphatic rings. The Hall–Kier alpha value is -4.12. The summed E-state index contributed by atoms with van der Waals surface area (Å²) >= 11 is 0.978. The largest absolute Gasteiger partial charge is 0.497 e. The van der Waals surface area contributed by atoms with Gasteiger partial charge in [-0.15, -0.1) is 10.2 Å². The standard InChI is InChI=1S/C23H21N5O5S/c1-27-21(30)18(19(24)28(23(27)31)12-14-6-4-3-5-7-14)17(29)13-34-22-26-25-20(33-22)15-8-10-16(32-2)11-9-15/h3-11H,12-13,24H2,1-2H3. The second-order valence-corrected chi connectivity index (χ2v) is 8.22. The minimum Gasteiger partial charge on any atom is -0.497 e. The van der Waals surface area contributed by atoms with Crippen molar-refractivity contribution < 1.29 is 13.9 Å². The number of hydrogen-bond donors (Lipinski definition) is 1. The molecule has 10 nitrogen and oxygen atoms in total. The Morgan fingerprint density at radius 1 is 1.09 bits per heavy atom. The van der Waals surface area contributed by atoms with Gasteiger partial charge in [0.05, 0.1) is 19.4 Å². The minimum absolute atomic E-state index is 0.127. The van der Waals surface area contributed by atoms with Gasteiger partial charge in [0.15, 0.2) is 5.78 Å². The van der Waals surface area contributed by atoms with E-state index in [0.717, 1.165) is 21.9 Å². The van der Waals surface area contributed by atoms with Gasteiger partial charge in [-0.3, -0.25) is 18.7 Å². The third kappa shape index (κ3) is 4.64. The van der Waals surface area contributed by atoms with Crippen molar-refractivity contribution in [3.05, 3.63) is 86.6 Å². The highest BCUT2D eigenvalue weighted by Gasteiger charge is 2.22. The predicted molar refractivity (Wildman–Crippen MR) is 127 cm³/mol. The number of ether oxygens (including phenoxy) is 1. The number of ketones is 1.